The van der Waals surface area contributed by atoms with Gasteiger partial charge in [-0.05, 0) is 107 Å². The molecule has 2 aliphatic carbocycles. The summed E-state index contributed by atoms with van der Waals surface area (Å²) in [4.78, 5) is 27.3. The Labute approximate surface area is 259 Å². The van der Waals surface area contributed by atoms with E-state index in [-0.39, 0.29) is 23.9 Å². The molecular formula is C33H36Cl2N2O2S2. The number of fused-ring (bicyclic) bond motifs is 2. The van der Waals surface area contributed by atoms with Crippen molar-refractivity contribution in [3.63, 3.8) is 0 Å². The maximum Gasteiger partial charge on any atom is 0.263 e. The van der Waals surface area contributed by atoms with Crippen LogP contribution in [0, 0.1) is 25.7 Å². The Hall–Kier alpha value is -2.12. The van der Waals surface area contributed by atoms with Gasteiger partial charge in [0, 0.05) is 32.3 Å². The summed E-state index contributed by atoms with van der Waals surface area (Å²) in [6.07, 6.45) is 9.99. The molecule has 0 saturated heterocycles. The van der Waals surface area contributed by atoms with E-state index in [1.165, 1.54) is 40.2 Å². The minimum Gasteiger partial charge on any atom is -0.349 e. The maximum atomic E-state index is 13.0. The second-order valence-electron chi connectivity index (χ2n) is 12.1. The zero-order chi connectivity index (χ0) is 28.7. The number of carbonyl (C=O) groups is 2. The van der Waals surface area contributed by atoms with Crippen LogP contribution in [-0.4, -0.2) is 23.9 Å². The highest BCUT2D eigenvalue weighted by Crippen LogP contribution is 2.39. The maximum absolute atomic E-state index is 13.0. The number of halogens is 2. The molecule has 2 heterocycles. The van der Waals surface area contributed by atoms with E-state index in [1.807, 2.05) is 24.3 Å². The molecule has 0 radical (unpaired) electrons. The van der Waals surface area contributed by atoms with E-state index in [0.717, 1.165) is 83.4 Å². The van der Waals surface area contributed by atoms with Crippen LogP contribution in [0.4, 0.5) is 0 Å². The lowest BCUT2D eigenvalue weighted by molar-refractivity contribution is 0.0922. The van der Waals surface area contributed by atoms with Crippen molar-refractivity contribution in [2.75, 3.05) is 0 Å². The van der Waals surface area contributed by atoms with Gasteiger partial charge in [0.2, 0.25) is 0 Å². The predicted octanol–water partition coefficient (Wildman–Crippen LogP) is 9.71. The van der Waals surface area contributed by atoms with Crippen LogP contribution in [0.2, 0.25) is 10.0 Å². The number of aryl methyl sites for hydroxylation is 2. The summed E-state index contributed by atoms with van der Waals surface area (Å²) < 4.78 is 2.13. The third-order valence-corrected chi connectivity index (χ3v) is 12.3. The van der Waals surface area contributed by atoms with E-state index < -0.39 is 0 Å². The number of nitrogens with one attached hydrogen (secondary N) is 2. The third-order valence-electron chi connectivity index (χ3n) is 9.01. The lowest BCUT2D eigenvalue weighted by Gasteiger charge is -2.34. The largest absolute Gasteiger partial charge is 0.349 e. The molecular weight excluding hydrogens is 591 g/mol. The molecule has 2 aromatic carbocycles. The Balaban J connectivity index is 0.946. The summed E-state index contributed by atoms with van der Waals surface area (Å²) in [5.74, 6) is 1.36. The fourth-order valence-corrected chi connectivity index (χ4v) is 9.73. The highest BCUT2D eigenvalue weighted by molar-refractivity contribution is 7.22. The lowest BCUT2D eigenvalue weighted by atomic mass is 9.75. The highest BCUT2D eigenvalue weighted by atomic mass is 35.5. The highest BCUT2D eigenvalue weighted by Gasteiger charge is 2.29. The average Bonchev–Trinajstić information content (AvgIpc) is 3.46. The van der Waals surface area contributed by atoms with Gasteiger partial charge in [-0.3, -0.25) is 9.59 Å². The second kappa shape index (κ2) is 12.2. The molecule has 0 bridgehead atoms. The quantitative estimate of drug-likeness (QED) is 0.224. The Kier molecular flexibility index (Phi) is 8.65. The molecule has 2 aromatic heterocycles. The van der Waals surface area contributed by atoms with Gasteiger partial charge in [-0.1, -0.05) is 47.5 Å². The first-order valence-electron chi connectivity index (χ1n) is 14.7. The van der Waals surface area contributed by atoms with E-state index in [2.05, 4.69) is 36.6 Å². The van der Waals surface area contributed by atoms with Crippen LogP contribution in [0.5, 0.6) is 0 Å². The molecule has 216 valence electrons. The normalized spacial score (nSPS) is 23.1. The predicted molar refractivity (Wildman–Crippen MR) is 174 cm³/mol. The van der Waals surface area contributed by atoms with E-state index in [4.69, 9.17) is 23.2 Å². The Morgan fingerprint density at radius 3 is 1.46 bits per heavy atom. The summed E-state index contributed by atoms with van der Waals surface area (Å²) >= 11 is 16.1. The van der Waals surface area contributed by atoms with Crippen molar-refractivity contribution in [1.82, 2.24) is 10.6 Å². The van der Waals surface area contributed by atoms with Crippen LogP contribution in [0.3, 0.4) is 0 Å². The van der Waals surface area contributed by atoms with Crippen molar-refractivity contribution in [1.29, 1.82) is 0 Å². The smallest absolute Gasteiger partial charge is 0.263 e. The van der Waals surface area contributed by atoms with Gasteiger partial charge in [0.1, 0.15) is 9.75 Å². The van der Waals surface area contributed by atoms with Crippen LogP contribution in [0.25, 0.3) is 20.2 Å². The third kappa shape index (κ3) is 6.31. The molecule has 0 aliphatic heterocycles. The molecule has 2 saturated carbocycles. The standard InChI is InChI=1S/C33H36Cl2N2O2S2/c1-18-3-13-24-26(15-18)40-30(28(24)34)32(38)36-22-9-5-20(6-10-22)17-21-7-11-23(12-8-21)37-33(39)31-29(35)25-14-4-19(2)16-27(25)41-31/h3-4,13-16,20-23H,5-12,17H2,1-2H3,(H,36,38)(H,37,39). The summed E-state index contributed by atoms with van der Waals surface area (Å²) in [5, 5.41) is 9.61. The molecule has 0 atom stereocenters. The summed E-state index contributed by atoms with van der Waals surface area (Å²) in [7, 11) is 0. The van der Waals surface area contributed by atoms with Crippen molar-refractivity contribution < 1.29 is 9.59 Å². The summed E-state index contributed by atoms with van der Waals surface area (Å²) in [6.45, 7) is 4.11. The van der Waals surface area contributed by atoms with E-state index in [9.17, 15) is 9.59 Å². The molecule has 41 heavy (non-hydrogen) atoms. The minimum atomic E-state index is -0.0373. The van der Waals surface area contributed by atoms with Gasteiger partial charge in [0.05, 0.1) is 10.0 Å². The number of thiophene rings is 2. The van der Waals surface area contributed by atoms with Crippen molar-refractivity contribution in [2.45, 2.75) is 83.7 Å². The minimum absolute atomic E-state index is 0.0373. The molecule has 4 nitrogen and oxygen atoms in total. The first-order chi connectivity index (χ1) is 19.7. The number of hydrogen-bond donors (Lipinski definition) is 2. The van der Waals surface area contributed by atoms with Gasteiger partial charge in [-0.25, -0.2) is 0 Å². The van der Waals surface area contributed by atoms with Crippen LogP contribution < -0.4 is 10.6 Å². The first-order valence-corrected chi connectivity index (χ1v) is 17.1. The molecule has 2 N–H and O–H groups in total. The topological polar surface area (TPSA) is 58.2 Å². The molecule has 4 aromatic rings. The van der Waals surface area contributed by atoms with Gasteiger partial charge in [0.25, 0.3) is 11.8 Å². The van der Waals surface area contributed by atoms with E-state index in [0.29, 0.717) is 19.8 Å². The zero-order valence-corrected chi connectivity index (χ0v) is 26.7. The van der Waals surface area contributed by atoms with Crippen molar-refractivity contribution in [3.05, 3.63) is 67.3 Å². The number of rotatable bonds is 6. The van der Waals surface area contributed by atoms with E-state index in [1.54, 1.807) is 0 Å². The Morgan fingerprint density at radius 1 is 0.683 bits per heavy atom. The van der Waals surface area contributed by atoms with E-state index >= 15 is 0 Å². The van der Waals surface area contributed by atoms with Gasteiger partial charge in [0.15, 0.2) is 0 Å². The number of carbonyl (C=O) groups excluding carboxylic acids is 2. The van der Waals surface area contributed by atoms with Gasteiger partial charge in [-0.15, -0.1) is 22.7 Å². The van der Waals surface area contributed by atoms with Crippen LogP contribution in [0.1, 0.15) is 88.3 Å². The first kappa shape index (κ1) is 29.0. The Bertz CT molecular complexity index is 1480. The van der Waals surface area contributed by atoms with Crippen molar-refractivity contribution in [3.8, 4) is 0 Å². The van der Waals surface area contributed by atoms with Crippen molar-refractivity contribution in [2.24, 2.45) is 11.8 Å². The van der Waals surface area contributed by atoms with Gasteiger partial charge < -0.3 is 10.6 Å². The van der Waals surface area contributed by atoms with Crippen LogP contribution in [-0.2, 0) is 0 Å². The molecule has 8 heteroatoms. The molecule has 2 fully saturated rings. The summed E-state index contributed by atoms with van der Waals surface area (Å²) in [5.41, 5.74) is 2.34. The van der Waals surface area contributed by atoms with Gasteiger partial charge in [-0.2, -0.15) is 0 Å². The zero-order valence-electron chi connectivity index (χ0n) is 23.5. The SMILES string of the molecule is Cc1ccc2c(Cl)c(C(=O)NC3CCC(CC4CCC(NC(=O)c5sc6cc(C)ccc6c5Cl)CC4)CC3)sc2c1. The van der Waals surface area contributed by atoms with Gasteiger partial charge >= 0.3 is 0 Å². The van der Waals surface area contributed by atoms with Crippen LogP contribution in [0.15, 0.2) is 36.4 Å². The molecule has 2 amide bonds. The number of hydrogen-bond acceptors (Lipinski definition) is 4. The summed E-state index contributed by atoms with van der Waals surface area (Å²) in [6, 6.07) is 12.7. The Morgan fingerprint density at radius 2 is 1.07 bits per heavy atom. The fraction of sp³-hybridized carbons (Fsp3) is 0.455. The van der Waals surface area contributed by atoms with Crippen LogP contribution >= 0.6 is 45.9 Å². The molecule has 2 aliphatic rings. The monoisotopic (exact) mass is 626 g/mol. The molecule has 6 rings (SSSR count). The average molecular weight is 628 g/mol. The lowest BCUT2D eigenvalue weighted by Crippen LogP contribution is -2.39. The van der Waals surface area contributed by atoms with Crippen molar-refractivity contribution >= 4 is 77.9 Å². The molecule has 0 spiro atoms. The second-order valence-corrected chi connectivity index (χ2v) is 15.0. The number of amides is 2. The molecule has 0 unspecified atom stereocenters. The number of benzene rings is 2. The fourth-order valence-electron chi connectivity index (χ4n) is 6.70.